The van der Waals surface area contributed by atoms with Gasteiger partial charge < -0.3 is 9.30 Å². The largest absolute Gasteiger partial charge is 0.459 e. The van der Waals surface area contributed by atoms with Gasteiger partial charge >= 0.3 is 5.97 Å². The third kappa shape index (κ3) is 4.07. The van der Waals surface area contributed by atoms with Gasteiger partial charge in [-0.3, -0.25) is 14.9 Å². The number of rotatable bonds is 5. The van der Waals surface area contributed by atoms with E-state index in [1.165, 1.54) is 23.8 Å². The molecule has 7 heteroatoms. The minimum atomic E-state index is -0.518. The van der Waals surface area contributed by atoms with Crippen molar-refractivity contribution in [3.63, 3.8) is 0 Å². The molecule has 0 saturated carbocycles. The van der Waals surface area contributed by atoms with Crippen LogP contribution in [0.1, 0.15) is 35.3 Å². The molecule has 0 unspecified atom stereocenters. The van der Waals surface area contributed by atoms with Crippen LogP contribution in [0.25, 0.3) is 0 Å². The standard InChI is InChI=1S/C17H18N2O5/c1-11(2)24-17(21)14-6-4-13(5-7-14)9-18-10-15(19(22)23)12(3)8-16(18)20/h4-8,10-11H,9H2,1-3H3. The molecule has 0 aliphatic carbocycles. The number of carbonyl (C=O) groups is 1. The monoisotopic (exact) mass is 330 g/mol. The van der Waals surface area contributed by atoms with E-state index >= 15 is 0 Å². The highest BCUT2D eigenvalue weighted by Gasteiger charge is 2.14. The first kappa shape index (κ1) is 17.4. The van der Waals surface area contributed by atoms with E-state index in [1.54, 1.807) is 38.1 Å². The van der Waals surface area contributed by atoms with Crippen LogP contribution in [0, 0.1) is 17.0 Å². The van der Waals surface area contributed by atoms with Crippen molar-refractivity contribution >= 4 is 11.7 Å². The number of hydrogen-bond acceptors (Lipinski definition) is 5. The number of hydrogen-bond donors (Lipinski definition) is 0. The van der Waals surface area contributed by atoms with E-state index in [4.69, 9.17) is 4.74 Å². The second kappa shape index (κ2) is 7.08. The van der Waals surface area contributed by atoms with Crippen molar-refractivity contribution in [3.8, 4) is 0 Å². The van der Waals surface area contributed by atoms with Crippen LogP contribution in [-0.2, 0) is 11.3 Å². The maximum absolute atomic E-state index is 12.0. The molecule has 2 rings (SSSR count). The number of pyridine rings is 1. The molecule has 0 atom stereocenters. The summed E-state index contributed by atoms with van der Waals surface area (Å²) in [6.07, 6.45) is 1.03. The first-order valence-corrected chi connectivity index (χ1v) is 7.43. The van der Waals surface area contributed by atoms with Crippen LogP contribution in [0.3, 0.4) is 0 Å². The van der Waals surface area contributed by atoms with E-state index in [-0.39, 0.29) is 23.9 Å². The highest BCUT2D eigenvalue weighted by Crippen LogP contribution is 2.15. The molecule has 0 aliphatic heterocycles. The molecule has 0 radical (unpaired) electrons. The van der Waals surface area contributed by atoms with Crippen molar-refractivity contribution in [1.29, 1.82) is 0 Å². The minimum Gasteiger partial charge on any atom is -0.459 e. The molecule has 0 bridgehead atoms. The zero-order valence-corrected chi connectivity index (χ0v) is 13.7. The molecule has 0 saturated heterocycles. The molecule has 1 heterocycles. The van der Waals surface area contributed by atoms with Gasteiger partial charge in [0.05, 0.1) is 29.3 Å². The molecule has 2 aromatic rings. The zero-order chi connectivity index (χ0) is 17.9. The normalized spacial score (nSPS) is 10.7. The van der Waals surface area contributed by atoms with Crippen molar-refractivity contribution in [2.24, 2.45) is 0 Å². The van der Waals surface area contributed by atoms with Crippen LogP contribution >= 0.6 is 0 Å². The molecule has 1 aromatic carbocycles. The quantitative estimate of drug-likeness (QED) is 0.477. The van der Waals surface area contributed by atoms with Crippen LogP contribution in [0.15, 0.2) is 41.3 Å². The molecule has 7 nitrogen and oxygen atoms in total. The van der Waals surface area contributed by atoms with E-state index in [0.29, 0.717) is 11.1 Å². The third-order valence-electron chi connectivity index (χ3n) is 3.39. The Balaban J connectivity index is 2.23. The van der Waals surface area contributed by atoms with Crippen LogP contribution in [-0.4, -0.2) is 21.6 Å². The molecule has 0 fully saturated rings. The lowest BCUT2D eigenvalue weighted by molar-refractivity contribution is -0.385. The molecule has 0 N–H and O–H groups in total. The highest BCUT2D eigenvalue weighted by molar-refractivity contribution is 5.89. The number of carbonyl (C=O) groups excluding carboxylic acids is 1. The summed E-state index contributed by atoms with van der Waals surface area (Å²) in [6, 6.07) is 7.83. The number of nitrogens with zero attached hydrogens (tertiary/aromatic N) is 2. The van der Waals surface area contributed by atoms with Crippen molar-refractivity contribution in [1.82, 2.24) is 4.57 Å². The summed E-state index contributed by atoms with van der Waals surface area (Å²) in [5, 5.41) is 11.0. The fourth-order valence-electron chi connectivity index (χ4n) is 2.19. The van der Waals surface area contributed by atoms with E-state index in [0.717, 1.165) is 5.56 Å². The number of esters is 1. The van der Waals surface area contributed by atoms with E-state index < -0.39 is 10.9 Å². The molecule has 126 valence electrons. The Hall–Kier alpha value is -2.96. The molecular weight excluding hydrogens is 312 g/mol. The number of nitro groups is 1. The third-order valence-corrected chi connectivity index (χ3v) is 3.39. The van der Waals surface area contributed by atoms with Crippen LogP contribution in [0.4, 0.5) is 5.69 Å². The van der Waals surface area contributed by atoms with Gasteiger partial charge in [0.2, 0.25) is 0 Å². The first-order chi connectivity index (χ1) is 11.3. The SMILES string of the molecule is Cc1cc(=O)n(Cc2ccc(C(=O)OC(C)C)cc2)cc1[N+](=O)[O-]. The predicted octanol–water partition coefficient (Wildman–Crippen LogP) is 2.68. The van der Waals surface area contributed by atoms with E-state index in [2.05, 4.69) is 0 Å². The Morgan fingerprint density at radius 3 is 2.46 bits per heavy atom. The van der Waals surface area contributed by atoms with Gasteiger partial charge in [0.1, 0.15) is 0 Å². The Kier molecular flexibility index (Phi) is 5.13. The molecule has 0 spiro atoms. The highest BCUT2D eigenvalue weighted by atomic mass is 16.6. The summed E-state index contributed by atoms with van der Waals surface area (Å²) in [5.41, 5.74) is 1.06. The number of aromatic nitrogens is 1. The van der Waals surface area contributed by atoms with Crippen LogP contribution in [0.5, 0.6) is 0 Å². The van der Waals surface area contributed by atoms with Gasteiger partial charge in [-0.05, 0) is 38.5 Å². The van der Waals surface area contributed by atoms with Crippen molar-refractivity contribution in [2.45, 2.75) is 33.4 Å². The van der Waals surface area contributed by atoms with Crippen LogP contribution in [0.2, 0.25) is 0 Å². The first-order valence-electron chi connectivity index (χ1n) is 7.43. The molecular formula is C17H18N2O5. The van der Waals surface area contributed by atoms with Gasteiger partial charge in [-0.2, -0.15) is 0 Å². The second-order valence-corrected chi connectivity index (χ2v) is 5.72. The van der Waals surface area contributed by atoms with Crippen molar-refractivity contribution in [2.75, 3.05) is 0 Å². The fraction of sp³-hybridized carbons (Fsp3) is 0.294. The van der Waals surface area contributed by atoms with Crippen molar-refractivity contribution < 1.29 is 14.5 Å². The van der Waals surface area contributed by atoms with Gasteiger partial charge in [-0.15, -0.1) is 0 Å². The lowest BCUT2D eigenvalue weighted by atomic mass is 10.1. The second-order valence-electron chi connectivity index (χ2n) is 5.72. The van der Waals surface area contributed by atoms with E-state index in [1.807, 2.05) is 0 Å². The van der Waals surface area contributed by atoms with Gasteiger partial charge in [-0.1, -0.05) is 12.1 Å². The average Bonchev–Trinajstić information content (AvgIpc) is 2.49. The summed E-state index contributed by atoms with van der Waals surface area (Å²) < 4.78 is 6.37. The lowest BCUT2D eigenvalue weighted by Gasteiger charge is -2.09. The Bertz CT molecular complexity index is 822. The smallest absolute Gasteiger partial charge is 0.338 e. The number of ether oxygens (including phenoxy) is 1. The summed E-state index contributed by atoms with van der Waals surface area (Å²) in [5.74, 6) is -0.417. The number of aryl methyl sites for hydroxylation is 1. The topological polar surface area (TPSA) is 91.4 Å². The van der Waals surface area contributed by atoms with Crippen molar-refractivity contribution in [3.05, 3.63) is 73.7 Å². The Morgan fingerprint density at radius 1 is 1.29 bits per heavy atom. The average molecular weight is 330 g/mol. The minimum absolute atomic E-state index is 0.105. The Morgan fingerprint density at radius 2 is 1.92 bits per heavy atom. The fourth-order valence-corrected chi connectivity index (χ4v) is 2.19. The van der Waals surface area contributed by atoms with Crippen LogP contribution < -0.4 is 5.56 Å². The maximum Gasteiger partial charge on any atom is 0.338 e. The molecule has 0 aliphatic rings. The van der Waals surface area contributed by atoms with Gasteiger partial charge in [0.25, 0.3) is 11.2 Å². The van der Waals surface area contributed by atoms with Gasteiger partial charge in [0.15, 0.2) is 0 Å². The maximum atomic E-state index is 12.0. The summed E-state index contributed by atoms with van der Waals surface area (Å²) in [6.45, 7) is 5.24. The summed E-state index contributed by atoms with van der Waals surface area (Å²) in [4.78, 5) is 34.2. The van der Waals surface area contributed by atoms with Gasteiger partial charge in [0, 0.05) is 11.6 Å². The predicted molar refractivity (Wildman–Crippen MR) is 88.2 cm³/mol. The number of benzene rings is 1. The molecule has 24 heavy (non-hydrogen) atoms. The summed E-state index contributed by atoms with van der Waals surface area (Å²) in [7, 11) is 0. The van der Waals surface area contributed by atoms with Gasteiger partial charge in [-0.25, -0.2) is 4.79 Å². The Labute approximate surface area is 138 Å². The molecule has 0 amide bonds. The lowest BCUT2D eigenvalue weighted by Crippen LogP contribution is -2.20. The summed E-state index contributed by atoms with van der Waals surface area (Å²) >= 11 is 0. The molecule has 1 aromatic heterocycles. The zero-order valence-electron chi connectivity index (χ0n) is 13.7. The van der Waals surface area contributed by atoms with E-state index in [9.17, 15) is 19.7 Å².